The molecule has 82 heavy (non-hydrogen) atoms. The van der Waals surface area contributed by atoms with E-state index in [4.69, 9.17) is 34.2 Å². The Bertz CT molecular complexity index is 1910. The Labute approximate surface area is 483 Å². The highest BCUT2D eigenvalue weighted by Crippen LogP contribution is 2.12. The largest absolute Gasteiger partial charge is 0.458 e. The molecule has 0 heterocycles. The van der Waals surface area contributed by atoms with Crippen LogP contribution in [-0.2, 0) is 95.5 Å². The number of rotatable bonds is 52. The molecule has 5 amide bonds. The number of ketones is 7. The van der Waals surface area contributed by atoms with Gasteiger partial charge >= 0.3 is 11.9 Å². The van der Waals surface area contributed by atoms with Crippen molar-refractivity contribution in [3.8, 4) is 0 Å². The zero-order valence-corrected chi connectivity index (χ0v) is 49.4. The lowest BCUT2D eigenvalue weighted by Crippen LogP contribution is -2.45. The molecule has 0 aromatic carbocycles. The maximum atomic E-state index is 12.3. The molecule has 0 saturated heterocycles. The van der Waals surface area contributed by atoms with E-state index in [1.807, 2.05) is 0 Å². The molecule has 0 spiro atoms. The van der Waals surface area contributed by atoms with Crippen LogP contribution in [0.25, 0.3) is 0 Å². The molecule has 25 nitrogen and oxygen atoms in total. The predicted octanol–water partition coefficient (Wildman–Crippen LogP) is 3.28. The number of Topliss-reactive ketones (excluding diaryl/α,β-unsaturated/α-hetero) is 7. The highest BCUT2D eigenvalue weighted by atomic mass is 16.5. The molecule has 0 aromatic rings. The van der Waals surface area contributed by atoms with Gasteiger partial charge in [-0.1, -0.05) is 39.5 Å². The Morgan fingerprint density at radius 1 is 0.402 bits per heavy atom. The van der Waals surface area contributed by atoms with Crippen LogP contribution in [0.1, 0.15) is 176 Å². The van der Waals surface area contributed by atoms with Gasteiger partial charge in [-0.3, -0.25) is 67.1 Å². The van der Waals surface area contributed by atoms with Crippen molar-refractivity contribution in [2.24, 2.45) is 5.73 Å². The number of esters is 2. The first-order valence-corrected chi connectivity index (χ1v) is 28.2. The predicted molar refractivity (Wildman–Crippen MR) is 301 cm³/mol. The summed E-state index contributed by atoms with van der Waals surface area (Å²) in [5.41, 5.74) is 5.40. The van der Waals surface area contributed by atoms with Gasteiger partial charge in [0.15, 0.2) is 17.3 Å². The van der Waals surface area contributed by atoms with Gasteiger partial charge in [0.25, 0.3) is 0 Å². The van der Waals surface area contributed by atoms with E-state index in [-0.39, 0.29) is 137 Å². The molecule has 0 aromatic heterocycles. The minimum atomic E-state index is -0.914. The highest BCUT2D eigenvalue weighted by molar-refractivity contribution is 5.96. The third kappa shape index (κ3) is 55.5. The summed E-state index contributed by atoms with van der Waals surface area (Å²) in [4.78, 5) is 163. The maximum absolute atomic E-state index is 12.3. The van der Waals surface area contributed by atoms with E-state index in [0.717, 1.165) is 0 Å². The molecule has 6 N–H and O–H groups in total. The van der Waals surface area contributed by atoms with Gasteiger partial charge in [-0.2, -0.15) is 0 Å². The summed E-state index contributed by atoms with van der Waals surface area (Å²) in [6.45, 7) is 14.7. The van der Waals surface area contributed by atoms with Crippen LogP contribution in [0, 0.1) is 0 Å². The molecule has 0 radical (unpaired) electrons. The van der Waals surface area contributed by atoms with Gasteiger partial charge in [-0.25, -0.2) is 0 Å². The number of ether oxygens (including phenoxy) is 6. The van der Waals surface area contributed by atoms with E-state index in [1.54, 1.807) is 13.8 Å². The first-order valence-electron chi connectivity index (χ1n) is 28.2. The van der Waals surface area contributed by atoms with Crippen molar-refractivity contribution < 1.29 is 95.5 Å². The Morgan fingerprint density at radius 3 is 1.22 bits per heavy atom. The molecule has 0 fully saturated rings. The fourth-order valence-corrected chi connectivity index (χ4v) is 6.91. The van der Waals surface area contributed by atoms with Gasteiger partial charge in [0.2, 0.25) is 29.5 Å². The minimum absolute atomic E-state index is 0.0200. The first kappa shape index (κ1) is 79.8. The molecule has 0 aliphatic rings. The van der Waals surface area contributed by atoms with Crippen LogP contribution >= 0.6 is 0 Å². The molecule has 0 saturated carbocycles. The van der Waals surface area contributed by atoms with Crippen LogP contribution in [-0.4, -0.2) is 173 Å². The first-order chi connectivity index (χ1) is 39.1. The molecule has 0 aliphatic carbocycles. The van der Waals surface area contributed by atoms with Crippen LogP contribution in [0.15, 0.2) is 13.2 Å². The van der Waals surface area contributed by atoms with Crippen molar-refractivity contribution in [2.45, 2.75) is 188 Å². The smallest absolute Gasteiger partial charge is 0.313 e. The van der Waals surface area contributed by atoms with Crippen LogP contribution in [0.5, 0.6) is 0 Å². The summed E-state index contributed by atoms with van der Waals surface area (Å²) in [7, 11) is 0. The number of nitrogens with two attached hydrogens (primary N) is 1. The average molecular weight is 1170 g/mol. The van der Waals surface area contributed by atoms with E-state index in [0.29, 0.717) is 123 Å². The number of nitrogens with one attached hydrogen (secondary N) is 4. The molecule has 468 valence electrons. The standard InChI is InChI=1S/C40H67N5O15.C15H24O5.C2H4/c1-29(46)35(44-37(52)27-58-23-21-56-19-17-42-30(2)47)15-8-4-6-11-32(49)13-10-14-34(51)26-60-39(54)25-33(50)12-7-5-9-16-36(40(41)55)45-38(53)28-59-24-22-57-20-18-43-31(3)48;1-3-12(16)7-5-9-14(18)11-20-15(19)10-6-8-13(17)4-2;1-2/h35-36H,4-28H2,1-3H3,(H2,41,55)(H,42,47)(H,43,48)(H,44,52)(H,45,53);3-11H2,1-2H3;1-2H2. The fraction of sp³-hybridized carbons (Fsp3) is 0.719. The number of carbonyl (C=O) groups is 14. The zero-order chi connectivity index (χ0) is 62.4. The normalized spacial score (nSPS) is 11.1. The number of carbonyl (C=O) groups excluding carboxylic acids is 14. The summed E-state index contributed by atoms with van der Waals surface area (Å²) >= 11 is 0. The van der Waals surface area contributed by atoms with Crippen molar-refractivity contribution in [3.05, 3.63) is 13.2 Å². The lowest BCUT2D eigenvalue weighted by Gasteiger charge is -2.16. The average Bonchev–Trinajstić information content (AvgIpc) is 3.43. The molecular weight excluding hydrogens is 1070 g/mol. The van der Waals surface area contributed by atoms with E-state index >= 15 is 0 Å². The Kier molecular flexibility index (Phi) is 53.6. The summed E-state index contributed by atoms with van der Waals surface area (Å²) in [6, 6.07) is -1.57. The number of primary amides is 1. The molecule has 0 rings (SSSR count). The number of amides is 5. The summed E-state index contributed by atoms with van der Waals surface area (Å²) in [6.07, 6.45) is 7.54. The topological polar surface area (TPSA) is 368 Å². The third-order valence-electron chi connectivity index (χ3n) is 11.4. The van der Waals surface area contributed by atoms with Crippen molar-refractivity contribution in [2.75, 3.05) is 79.2 Å². The Morgan fingerprint density at radius 2 is 0.780 bits per heavy atom. The number of hydrogen-bond acceptors (Lipinski definition) is 20. The maximum Gasteiger partial charge on any atom is 0.313 e. The second kappa shape index (κ2) is 55.1. The van der Waals surface area contributed by atoms with Gasteiger partial charge in [0.05, 0.1) is 45.7 Å². The lowest BCUT2D eigenvalue weighted by atomic mass is 10.0. The van der Waals surface area contributed by atoms with E-state index in [9.17, 15) is 67.1 Å². The van der Waals surface area contributed by atoms with Crippen molar-refractivity contribution in [1.29, 1.82) is 0 Å². The fourth-order valence-electron chi connectivity index (χ4n) is 6.91. The molecule has 0 aliphatic heterocycles. The third-order valence-corrected chi connectivity index (χ3v) is 11.4. The lowest BCUT2D eigenvalue weighted by molar-refractivity contribution is -0.150. The van der Waals surface area contributed by atoms with Gasteiger partial charge in [-0.05, 0) is 51.9 Å². The second-order valence-corrected chi connectivity index (χ2v) is 18.7. The van der Waals surface area contributed by atoms with Crippen molar-refractivity contribution in [1.82, 2.24) is 21.3 Å². The van der Waals surface area contributed by atoms with Crippen LogP contribution in [0.2, 0.25) is 0 Å². The van der Waals surface area contributed by atoms with Crippen LogP contribution in [0.3, 0.4) is 0 Å². The van der Waals surface area contributed by atoms with Crippen molar-refractivity contribution >= 4 is 82.0 Å². The quantitative estimate of drug-likeness (QED) is 0.0252. The molecular formula is C57H95N5O20. The van der Waals surface area contributed by atoms with Crippen LogP contribution < -0.4 is 27.0 Å². The van der Waals surface area contributed by atoms with E-state index < -0.39 is 54.8 Å². The second-order valence-electron chi connectivity index (χ2n) is 18.7. The summed E-state index contributed by atoms with van der Waals surface area (Å²) < 4.78 is 30.7. The molecule has 0 bridgehead atoms. The summed E-state index contributed by atoms with van der Waals surface area (Å²) in [5.74, 6) is -4.11. The monoisotopic (exact) mass is 1170 g/mol. The Balaban J connectivity index is -0.00000237. The molecule has 25 heteroatoms. The summed E-state index contributed by atoms with van der Waals surface area (Å²) in [5, 5.41) is 10.3. The van der Waals surface area contributed by atoms with Crippen molar-refractivity contribution in [3.63, 3.8) is 0 Å². The van der Waals surface area contributed by atoms with Gasteiger partial charge in [-0.15, -0.1) is 13.2 Å². The van der Waals surface area contributed by atoms with Crippen LogP contribution in [0.4, 0.5) is 0 Å². The van der Waals surface area contributed by atoms with Gasteiger partial charge < -0.3 is 55.4 Å². The SMILES string of the molecule is C=C.CC(=O)NCCOCCOCC(=O)NC(CCCCCC(=O)CCCC(=O)COC(=O)CC(=O)CCCCCC(NC(=O)COCCOCCNC(C)=O)C(N)=O)C(C)=O.CCC(=O)CCCC(=O)COC(=O)CCCC(=O)CC. The highest BCUT2D eigenvalue weighted by Gasteiger charge is 2.20. The molecule has 2 unspecified atom stereocenters. The van der Waals surface area contributed by atoms with E-state index in [1.165, 1.54) is 20.8 Å². The zero-order valence-electron chi connectivity index (χ0n) is 49.4. The number of hydrogen-bond donors (Lipinski definition) is 5. The number of unbranched alkanes of at least 4 members (excludes halogenated alkanes) is 4. The van der Waals surface area contributed by atoms with Gasteiger partial charge in [0.1, 0.15) is 62.0 Å². The Hall–Kier alpha value is -6.44. The van der Waals surface area contributed by atoms with Gasteiger partial charge in [0, 0.05) is 91.1 Å². The molecule has 2 atom stereocenters. The minimum Gasteiger partial charge on any atom is -0.458 e. The van der Waals surface area contributed by atoms with E-state index in [2.05, 4.69) is 34.4 Å².